The number of phenols is 2. The first-order valence-corrected chi connectivity index (χ1v) is 8.59. The van der Waals surface area contributed by atoms with E-state index < -0.39 is 36.0 Å². The molecule has 2 aromatic rings. The molecule has 2 aliphatic heterocycles. The van der Waals surface area contributed by atoms with E-state index in [4.69, 9.17) is 18.9 Å². The summed E-state index contributed by atoms with van der Waals surface area (Å²) in [5.74, 6) is -2.45. The zero-order valence-electron chi connectivity index (χ0n) is 15.1. The summed E-state index contributed by atoms with van der Waals surface area (Å²) in [6.45, 7) is 0. The van der Waals surface area contributed by atoms with Crippen LogP contribution in [0.3, 0.4) is 0 Å². The zero-order chi connectivity index (χ0) is 20.0. The van der Waals surface area contributed by atoms with E-state index in [0.717, 1.165) is 0 Å². The monoisotopic (exact) mass is 386 g/mol. The minimum absolute atomic E-state index is 0.0600. The van der Waals surface area contributed by atoms with Gasteiger partial charge in [0.25, 0.3) is 0 Å². The van der Waals surface area contributed by atoms with E-state index in [1.54, 1.807) is 12.1 Å². The fourth-order valence-electron chi connectivity index (χ4n) is 3.76. The van der Waals surface area contributed by atoms with Crippen molar-refractivity contribution in [3.8, 4) is 23.0 Å². The fraction of sp³-hybridized carbons (Fsp3) is 0.300. The van der Waals surface area contributed by atoms with E-state index in [0.29, 0.717) is 11.1 Å². The highest BCUT2D eigenvalue weighted by atomic mass is 16.6. The normalized spacial score (nSPS) is 25.8. The number of cyclic esters (lactones) is 2. The molecule has 2 N–H and O–H groups in total. The van der Waals surface area contributed by atoms with E-state index in [1.165, 1.54) is 38.5 Å². The minimum Gasteiger partial charge on any atom is -0.504 e. The molecular weight excluding hydrogens is 368 g/mol. The van der Waals surface area contributed by atoms with Crippen LogP contribution in [0.1, 0.15) is 23.3 Å². The smallest absolute Gasteiger partial charge is 0.314 e. The van der Waals surface area contributed by atoms with E-state index in [-0.39, 0.29) is 23.0 Å². The van der Waals surface area contributed by atoms with E-state index in [1.807, 2.05) is 0 Å². The van der Waals surface area contributed by atoms with E-state index in [2.05, 4.69) is 0 Å². The average Bonchev–Trinajstić information content (AvgIpc) is 3.21. The number of carbonyl (C=O) groups excluding carboxylic acids is 2. The van der Waals surface area contributed by atoms with Crippen LogP contribution in [0.4, 0.5) is 0 Å². The molecule has 2 saturated heterocycles. The lowest BCUT2D eigenvalue weighted by Gasteiger charge is -2.16. The maximum absolute atomic E-state index is 12.6. The number of hydrogen-bond donors (Lipinski definition) is 2. The Hall–Kier alpha value is -3.42. The van der Waals surface area contributed by atoms with Gasteiger partial charge < -0.3 is 29.2 Å². The molecule has 0 aliphatic carbocycles. The number of rotatable bonds is 4. The third kappa shape index (κ3) is 2.69. The van der Waals surface area contributed by atoms with Crippen molar-refractivity contribution < 1.29 is 38.7 Å². The lowest BCUT2D eigenvalue weighted by atomic mass is 9.84. The van der Waals surface area contributed by atoms with Crippen LogP contribution < -0.4 is 9.47 Å². The van der Waals surface area contributed by atoms with Crippen molar-refractivity contribution in [2.45, 2.75) is 12.2 Å². The van der Waals surface area contributed by atoms with Gasteiger partial charge >= 0.3 is 11.9 Å². The summed E-state index contributed by atoms with van der Waals surface area (Å²) in [6.07, 6.45) is -1.69. The Kier molecular flexibility index (Phi) is 4.26. The van der Waals surface area contributed by atoms with E-state index >= 15 is 0 Å². The Morgan fingerprint density at radius 2 is 1.14 bits per heavy atom. The molecule has 0 aromatic heterocycles. The molecule has 0 radical (unpaired) electrons. The van der Waals surface area contributed by atoms with Crippen LogP contribution in [0, 0.1) is 11.8 Å². The molecule has 28 heavy (non-hydrogen) atoms. The van der Waals surface area contributed by atoms with Crippen molar-refractivity contribution in [1.82, 2.24) is 0 Å². The number of phenolic OH excluding ortho intramolecular Hbond substituents is 2. The second kappa shape index (κ2) is 6.63. The highest BCUT2D eigenvalue weighted by Crippen LogP contribution is 2.52. The van der Waals surface area contributed by atoms with Gasteiger partial charge in [-0.2, -0.15) is 0 Å². The van der Waals surface area contributed by atoms with Crippen molar-refractivity contribution in [3.05, 3.63) is 47.5 Å². The number of benzene rings is 2. The Morgan fingerprint density at radius 1 is 0.750 bits per heavy atom. The molecule has 2 aliphatic rings. The van der Waals surface area contributed by atoms with Crippen molar-refractivity contribution in [2.75, 3.05) is 14.2 Å². The molecule has 0 spiro atoms. The Morgan fingerprint density at radius 3 is 1.50 bits per heavy atom. The summed E-state index contributed by atoms with van der Waals surface area (Å²) in [4.78, 5) is 25.2. The lowest BCUT2D eigenvalue weighted by Crippen LogP contribution is -2.19. The molecule has 8 heteroatoms. The van der Waals surface area contributed by atoms with Crippen LogP contribution in [0.15, 0.2) is 36.4 Å². The van der Waals surface area contributed by atoms with Crippen molar-refractivity contribution in [3.63, 3.8) is 0 Å². The molecule has 146 valence electrons. The van der Waals surface area contributed by atoms with Crippen LogP contribution in [0.2, 0.25) is 0 Å². The molecule has 2 unspecified atom stereocenters. The van der Waals surface area contributed by atoms with Gasteiger partial charge in [-0.05, 0) is 35.4 Å². The van der Waals surface area contributed by atoms with Crippen molar-refractivity contribution in [1.29, 1.82) is 0 Å². The van der Waals surface area contributed by atoms with Crippen LogP contribution in [-0.2, 0) is 19.1 Å². The second-order valence-electron chi connectivity index (χ2n) is 6.63. The molecule has 2 aromatic carbocycles. The third-order valence-corrected chi connectivity index (χ3v) is 5.13. The fourth-order valence-corrected chi connectivity index (χ4v) is 3.76. The SMILES string of the molecule is COc1cc([C@@H]2OC(=O)C3C2C(=O)O[C@H]3c2ccc(O)c(OC)c2)ccc1O. The van der Waals surface area contributed by atoms with Crippen LogP contribution in [0.5, 0.6) is 23.0 Å². The van der Waals surface area contributed by atoms with Gasteiger partial charge in [0.05, 0.1) is 14.2 Å². The van der Waals surface area contributed by atoms with Gasteiger partial charge in [0, 0.05) is 0 Å². The minimum atomic E-state index is -0.844. The first kappa shape index (κ1) is 18.0. The molecule has 8 nitrogen and oxygen atoms in total. The second-order valence-corrected chi connectivity index (χ2v) is 6.63. The van der Waals surface area contributed by atoms with Gasteiger partial charge in [0.15, 0.2) is 23.0 Å². The zero-order valence-corrected chi connectivity index (χ0v) is 15.1. The average molecular weight is 386 g/mol. The van der Waals surface area contributed by atoms with Crippen LogP contribution >= 0.6 is 0 Å². The predicted molar refractivity (Wildman–Crippen MR) is 94.0 cm³/mol. The Balaban J connectivity index is 1.69. The number of esters is 2. The summed E-state index contributed by atoms with van der Waals surface area (Å²) in [7, 11) is 2.81. The number of ether oxygens (including phenoxy) is 4. The maximum atomic E-state index is 12.6. The summed E-state index contributed by atoms with van der Waals surface area (Å²) in [6, 6.07) is 9.03. The molecule has 0 saturated carbocycles. The summed E-state index contributed by atoms with van der Waals surface area (Å²) >= 11 is 0. The van der Waals surface area contributed by atoms with Gasteiger partial charge in [-0.3, -0.25) is 9.59 Å². The first-order valence-electron chi connectivity index (χ1n) is 8.59. The van der Waals surface area contributed by atoms with Gasteiger partial charge in [-0.1, -0.05) is 12.1 Å². The third-order valence-electron chi connectivity index (χ3n) is 5.13. The summed E-state index contributed by atoms with van der Waals surface area (Å²) in [5, 5.41) is 19.6. The van der Waals surface area contributed by atoms with Gasteiger partial charge in [0.1, 0.15) is 24.0 Å². The molecule has 0 amide bonds. The Bertz CT molecular complexity index is 876. The number of aromatic hydroxyl groups is 2. The molecule has 4 atom stereocenters. The largest absolute Gasteiger partial charge is 0.504 e. The summed E-state index contributed by atoms with van der Waals surface area (Å²) < 4.78 is 21.2. The Labute approximate surface area is 160 Å². The molecular formula is C20H18O8. The molecule has 2 fully saturated rings. The highest BCUT2D eigenvalue weighted by molar-refractivity contribution is 5.89. The first-order chi connectivity index (χ1) is 13.4. The van der Waals surface area contributed by atoms with Gasteiger partial charge in [-0.25, -0.2) is 0 Å². The number of methoxy groups -OCH3 is 2. The van der Waals surface area contributed by atoms with Gasteiger partial charge in [0.2, 0.25) is 0 Å². The molecule has 4 rings (SSSR count). The standard InChI is InChI=1S/C20H18O8/c1-25-13-7-9(3-5-11(13)21)17-15-16(20(24)27-17)18(28-19(15)23)10-4-6-12(22)14(8-10)26-2/h3-8,15-18,21-22H,1-2H3/t15?,16?,17-,18-/m0/s1. The lowest BCUT2D eigenvalue weighted by molar-refractivity contribution is -0.154. The summed E-state index contributed by atoms with van der Waals surface area (Å²) in [5.41, 5.74) is 1.05. The number of hydrogen-bond acceptors (Lipinski definition) is 8. The topological polar surface area (TPSA) is 112 Å². The van der Waals surface area contributed by atoms with Gasteiger partial charge in [-0.15, -0.1) is 0 Å². The predicted octanol–water partition coefficient (Wildman–Crippen LogP) is 2.24. The number of fused-ring (bicyclic) bond motifs is 1. The number of carbonyl (C=O) groups is 2. The highest BCUT2D eigenvalue weighted by Gasteiger charge is 2.60. The quantitative estimate of drug-likeness (QED) is 0.770. The van der Waals surface area contributed by atoms with E-state index in [9.17, 15) is 19.8 Å². The van der Waals surface area contributed by atoms with Crippen molar-refractivity contribution >= 4 is 11.9 Å². The molecule has 0 bridgehead atoms. The van der Waals surface area contributed by atoms with Crippen molar-refractivity contribution in [2.24, 2.45) is 11.8 Å². The molecule has 2 heterocycles. The maximum Gasteiger partial charge on any atom is 0.314 e. The van der Waals surface area contributed by atoms with Crippen LogP contribution in [0.25, 0.3) is 0 Å². The van der Waals surface area contributed by atoms with Crippen LogP contribution in [-0.4, -0.2) is 36.4 Å².